The molecule has 0 saturated carbocycles. The number of carbonyl (C=O) groups excluding carboxylic acids is 1. The third kappa shape index (κ3) is 6.19. The molecule has 35 heavy (non-hydrogen) atoms. The van der Waals surface area contributed by atoms with Crippen LogP contribution in [0.15, 0.2) is 21.7 Å². The Morgan fingerprint density at radius 1 is 1.26 bits per heavy atom. The fourth-order valence-electron chi connectivity index (χ4n) is 3.52. The zero-order valence-electron chi connectivity index (χ0n) is 20.8. The maximum atomic E-state index is 13.8. The van der Waals surface area contributed by atoms with Gasteiger partial charge in [0.1, 0.15) is 11.4 Å². The number of aromatic nitrogens is 2. The number of nitrogens with two attached hydrogens (primary N) is 1. The predicted octanol–water partition coefficient (Wildman–Crippen LogP) is 2.93. The highest BCUT2D eigenvalue weighted by Gasteiger charge is 2.32. The fraction of sp³-hybridized carbons (Fsp3) is 0.522. The molecule has 0 aliphatic carbocycles. The van der Waals surface area contributed by atoms with Gasteiger partial charge in [-0.05, 0) is 25.7 Å². The van der Waals surface area contributed by atoms with Crippen molar-refractivity contribution < 1.29 is 19.2 Å². The molecule has 0 atom stereocenters. The van der Waals surface area contributed by atoms with Crippen LogP contribution >= 0.6 is 0 Å². The molecular weight excluding hydrogens is 458 g/mol. The van der Waals surface area contributed by atoms with E-state index in [2.05, 4.69) is 4.98 Å². The number of carbonyl (C=O) groups is 1. The van der Waals surface area contributed by atoms with Crippen molar-refractivity contribution in [3.63, 3.8) is 0 Å². The van der Waals surface area contributed by atoms with Gasteiger partial charge >= 0.3 is 5.69 Å². The lowest BCUT2D eigenvalue weighted by Crippen LogP contribution is -2.42. The first kappa shape index (κ1) is 27.4. The number of rotatable bonds is 12. The van der Waals surface area contributed by atoms with E-state index >= 15 is 0 Å². The minimum Gasteiger partial charge on any atom is -0.493 e. The smallest absolute Gasteiger partial charge is 0.330 e. The van der Waals surface area contributed by atoms with Gasteiger partial charge < -0.3 is 20.1 Å². The van der Waals surface area contributed by atoms with E-state index in [9.17, 15) is 24.5 Å². The lowest BCUT2D eigenvalue weighted by Gasteiger charge is -2.25. The number of hydrogen-bond donors (Lipinski definition) is 2. The number of unbranched alkanes of at least 4 members (excludes halogenated alkanes) is 1. The summed E-state index contributed by atoms with van der Waals surface area (Å²) < 4.78 is 11.9. The molecule has 1 heterocycles. The van der Waals surface area contributed by atoms with Gasteiger partial charge in [-0.25, -0.2) is 4.79 Å². The summed E-state index contributed by atoms with van der Waals surface area (Å²) in [5.41, 5.74) is 3.66. The number of anilines is 2. The van der Waals surface area contributed by atoms with Gasteiger partial charge in [0.2, 0.25) is 0 Å². The van der Waals surface area contributed by atoms with Crippen LogP contribution in [0.1, 0.15) is 57.3 Å². The van der Waals surface area contributed by atoms with Crippen molar-refractivity contribution in [1.82, 2.24) is 9.55 Å². The largest absolute Gasteiger partial charge is 0.493 e. The second-order valence-electron chi connectivity index (χ2n) is 8.35. The maximum Gasteiger partial charge on any atom is 0.330 e. The molecule has 0 spiro atoms. The molecule has 3 N–H and O–H groups in total. The number of nitrogens with zero attached hydrogens (tertiary/aromatic N) is 3. The van der Waals surface area contributed by atoms with Gasteiger partial charge in [0, 0.05) is 19.2 Å². The number of nitro benzene ring substituents is 1. The average Bonchev–Trinajstić information content (AvgIpc) is 2.80. The molecule has 2 rings (SSSR count). The Kier molecular flexibility index (Phi) is 9.43. The topological polar surface area (TPSA) is 163 Å². The SMILES string of the molecule is CCCCn1c(N)c(N(CCC(C)C)C(=O)c2cc(OC)c(OCC)cc2[N+](=O)[O-])c(=O)[nH]c1=O. The summed E-state index contributed by atoms with van der Waals surface area (Å²) in [5.74, 6) is -0.625. The number of nitrogens with one attached hydrogen (secondary N) is 1. The zero-order chi connectivity index (χ0) is 26.3. The molecule has 1 aromatic heterocycles. The molecule has 0 aliphatic rings. The predicted molar refractivity (Wildman–Crippen MR) is 133 cm³/mol. The first-order chi connectivity index (χ1) is 16.6. The van der Waals surface area contributed by atoms with E-state index in [4.69, 9.17) is 15.2 Å². The van der Waals surface area contributed by atoms with Crippen molar-refractivity contribution in [2.45, 2.75) is 53.5 Å². The van der Waals surface area contributed by atoms with Crippen LogP contribution in [0.5, 0.6) is 11.5 Å². The van der Waals surface area contributed by atoms with Gasteiger partial charge in [-0.3, -0.25) is 29.3 Å². The summed E-state index contributed by atoms with van der Waals surface area (Å²) in [5, 5.41) is 11.9. The third-order valence-electron chi connectivity index (χ3n) is 5.40. The number of aromatic amines is 1. The van der Waals surface area contributed by atoms with Gasteiger partial charge in [0.05, 0.1) is 24.7 Å². The van der Waals surface area contributed by atoms with Crippen molar-refractivity contribution in [3.05, 3.63) is 48.6 Å². The minimum atomic E-state index is -0.849. The number of methoxy groups -OCH3 is 1. The Bertz CT molecular complexity index is 1190. The van der Waals surface area contributed by atoms with Gasteiger partial charge in [-0.2, -0.15) is 0 Å². The quantitative estimate of drug-likeness (QED) is 0.338. The number of H-pyrrole nitrogens is 1. The number of hydrogen-bond acceptors (Lipinski definition) is 8. The standard InChI is InChI=1S/C23H33N5O7/c1-6-8-10-27-20(24)19(21(29)25-23(27)31)26(11-9-14(3)4)22(30)15-12-17(34-5)18(35-7-2)13-16(15)28(32)33/h12-14H,6-11,24H2,1-5H3,(H,25,29,31). The molecule has 0 aliphatic heterocycles. The highest BCUT2D eigenvalue weighted by molar-refractivity contribution is 6.10. The first-order valence-electron chi connectivity index (χ1n) is 11.5. The second kappa shape index (κ2) is 12.0. The van der Waals surface area contributed by atoms with Crippen LogP contribution < -0.4 is 31.4 Å². The van der Waals surface area contributed by atoms with Crippen molar-refractivity contribution in [3.8, 4) is 11.5 Å². The Labute approximate surface area is 202 Å². The number of ether oxygens (including phenoxy) is 2. The Morgan fingerprint density at radius 2 is 1.94 bits per heavy atom. The van der Waals surface area contributed by atoms with E-state index in [-0.39, 0.29) is 54.2 Å². The van der Waals surface area contributed by atoms with E-state index in [1.54, 1.807) is 6.92 Å². The van der Waals surface area contributed by atoms with E-state index in [0.29, 0.717) is 12.8 Å². The first-order valence-corrected chi connectivity index (χ1v) is 11.5. The van der Waals surface area contributed by atoms with Crippen LogP contribution in [0.25, 0.3) is 0 Å². The molecule has 0 bridgehead atoms. The minimum absolute atomic E-state index is 0.0441. The number of nitro groups is 1. The van der Waals surface area contributed by atoms with Crippen molar-refractivity contribution in [2.24, 2.45) is 5.92 Å². The molecule has 0 saturated heterocycles. The van der Waals surface area contributed by atoms with Gasteiger partial charge in [0.15, 0.2) is 17.2 Å². The summed E-state index contributed by atoms with van der Waals surface area (Å²) in [4.78, 5) is 53.5. The van der Waals surface area contributed by atoms with Crippen molar-refractivity contribution in [1.29, 1.82) is 0 Å². The molecule has 0 unspecified atom stereocenters. The lowest BCUT2D eigenvalue weighted by atomic mass is 10.1. The number of amides is 1. The molecular formula is C23H33N5O7. The van der Waals surface area contributed by atoms with Crippen molar-refractivity contribution >= 4 is 23.1 Å². The molecule has 0 radical (unpaired) electrons. The molecule has 192 valence electrons. The van der Waals surface area contributed by atoms with Crippen LogP contribution in [0.4, 0.5) is 17.2 Å². The summed E-state index contributed by atoms with van der Waals surface area (Å²) in [7, 11) is 1.35. The van der Waals surface area contributed by atoms with Crippen LogP contribution in [-0.2, 0) is 6.54 Å². The Hall–Kier alpha value is -3.83. The normalized spacial score (nSPS) is 10.9. The number of nitrogen functional groups attached to an aromatic ring is 1. The van der Waals surface area contributed by atoms with Gasteiger partial charge in [-0.1, -0.05) is 27.2 Å². The monoisotopic (exact) mass is 491 g/mol. The van der Waals surface area contributed by atoms with E-state index in [1.165, 1.54) is 17.7 Å². The summed E-state index contributed by atoms with van der Waals surface area (Å²) in [6.07, 6.45) is 1.87. The highest BCUT2D eigenvalue weighted by Crippen LogP contribution is 2.36. The molecule has 1 aromatic carbocycles. The second-order valence-corrected chi connectivity index (χ2v) is 8.35. The summed E-state index contributed by atoms with van der Waals surface area (Å²) in [6, 6.07) is 2.33. The summed E-state index contributed by atoms with van der Waals surface area (Å²) in [6.45, 7) is 8.02. The van der Waals surface area contributed by atoms with Crippen molar-refractivity contribution in [2.75, 3.05) is 30.9 Å². The highest BCUT2D eigenvalue weighted by atomic mass is 16.6. The molecule has 1 amide bonds. The maximum absolute atomic E-state index is 13.8. The molecule has 2 aromatic rings. The summed E-state index contributed by atoms with van der Waals surface area (Å²) >= 11 is 0. The van der Waals surface area contributed by atoms with Gasteiger partial charge in [-0.15, -0.1) is 0 Å². The Morgan fingerprint density at radius 3 is 2.49 bits per heavy atom. The van der Waals surface area contributed by atoms with Gasteiger partial charge in [0.25, 0.3) is 17.2 Å². The van der Waals surface area contributed by atoms with Crippen LogP contribution in [0.2, 0.25) is 0 Å². The zero-order valence-corrected chi connectivity index (χ0v) is 20.8. The molecule has 12 heteroatoms. The average molecular weight is 492 g/mol. The van der Waals surface area contributed by atoms with Crippen LogP contribution in [0.3, 0.4) is 0 Å². The third-order valence-corrected chi connectivity index (χ3v) is 5.40. The molecule has 12 nitrogen and oxygen atoms in total. The fourth-order valence-corrected chi connectivity index (χ4v) is 3.52. The van der Waals surface area contributed by atoms with E-state index < -0.39 is 27.8 Å². The number of benzene rings is 1. The lowest BCUT2D eigenvalue weighted by molar-refractivity contribution is -0.385. The molecule has 0 fully saturated rings. The van der Waals surface area contributed by atoms with E-state index in [0.717, 1.165) is 17.4 Å². The van der Waals surface area contributed by atoms with Crippen LogP contribution in [-0.4, -0.2) is 40.6 Å². The van der Waals surface area contributed by atoms with E-state index in [1.807, 2.05) is 20.8 Å². The Balaban J connectivity index is 2.77. The van der Waals surface area contributed by atoms with Crippen LogP contribution in [0, 0.1) is 16.0 Å².